The number of amides is 2. The second-order valence-corrected chi connectivity index (χ2v) is 5.49. The summed E-state index contributed by atoms with van der Waals surface area (Å²) in [4.78, 5) is 11.7. The van der Waals surface area contributed by atoms with Crippen molar-refractivity contribution in [3.05, 3.63) is 30.1 Å². The summed E-state index contributed by atoms with van der Waals surface area (Å²) in [6, 6.07) is 5.47. The first-order valence-corrected chi connectivity index (χ1v) is 6.70. The summed E-state index contributed by atoms with van der Waals surface area (Å²) in [5.41, 5.74) is 0.588. The Labute approximate surface area is 114 Å². The van der Waals surface area contributed by atoms with Crippen molar-refractivity contribution >= 4 is 11.7 Å². The van der Waals surface area contributed by atoms with Gasteiger partial charge in [0.05, 0.1) is 0 Å². The summed E-state index contributed by atoms with van der Waals surface area (Å²) in [6.07, 6.45) is 0. The maximum absolute atomic E-state index is 12.7. The molecule has 1 aromatic carbocycles. The van der Waals surface area contributed by atoms with Crippen molar-refractivity contribution in [3.63, 3.8) is 0 Å². The van der Waals surface area contributed by atoms with Crippen LogP contribution in [0.1, 0.15) is 27.7 Å². The fourth-order valence-corrected chi connectivity index (χ4v) is 2.16. The molecule has 106 valence electrons. The Hall–Kier alpha value is -1.58. The predicted octanol–water partition coefficient (Wildman–Crippen LogP) is 3.88. The van der Waals surface area contributed by atoms with Crippen molar-refractivity contribution in [3.8, 4) is 0 Å². The Morgan fingerprint density at radius 1 is 1.11 bits per heavy atom. The Bertz CT molecular complexity index is 393. The van der Waals surface area contributed by atoms with Crippen LogP contribution in [0.25, 0.3) is 0 Å². The summed E-state index contributed by atoms with van der Waals surface area (Å²) in [5, 5.41) is 5.55. The first kappa shape index (κ1) is 15.5. The average molecular weight is 266 g/mol. The number of carbonyl (C=O) groups excluding carboxylic acids is 1. The maximum Gasteiger partial charge on any atom is 0.319 e. The van der Waals surface area contributed by atoms with Gasteiger partial charge in [0.25, 0.3) is 0 Å². The molecule has 0 fully saturated rings. The van der Waals surface area contributed by atoms with Gasteiger partial charge in [-0.25, -0.2) is 9.18 Å². The molecule has 0 heterocycles. The number of urea groups is 1. The van der Waals surface area contributed by atoms with Crippen molar-refractivity contribution < 1.29 is 9.18 Å². The van der Waals surface area contributed by atoms with Gasteiger partial charge in [0.15, 0.2) is 0 Å². The van der Waals surface area contributed by atoms with E-state index in [2.05, 4.69) is 38.3 Å². The topological polar surface area (TPSA) is 41.1 Å². The van der Waals surface area contributed by atoms with Gasteiger partial charge in [0.1, 0.15) is 5.82 Å². The summed E-state index contributed by atoms with van der Waals surface area (Å²) in [5.74, 6) is 1.17. The second-order valence-electron chi connectivity index (χ2n) is 5.49. The molecule has 0 aliphatic rings. The van der Waals surface area contributed by atoms with Gasteiger partial charge in [0.2, 0.25) is 0 Å². The second kappa shape index (κ2) is 7.12. The molecule has 0 atom stereocenters. The minimum absolute atomic E-state index is 0.252. The largest absolute Gasteiger partial charge is 0.338 e. The maximum atomic E-state index is 12.7. The van der Waals surface area contributed by atoms with E-state index in [1.807, 2.05) is 0 Å². The zero-order valence-corrected chi connectivity index (χ0v) is 12.0. The third kappa shape index (κ3) is 5.28. The summed E-state index contributed by atoms with van der Waals surface area (Å²) in [6.45, 7) is 9.27. The molecule has 4 heteroatoms. The lowest BCUT2D eigenvalue weighted by atomic mass is 9.85. The molecule has 1 rings (SSSR count). The van der Waals surface area contributed by atoms with E-state index in [9.17, 15) is 9.18 Å². The van der Waals surface area contributed by atoms with E-state index in [0.29, 0.717) is 30.0 Å². The van der Waals surface area contributed by atoms with E-state index in [1.165, 1.54) is 24.3 Å². The van der Waals surface area contributed by atoms with Crippen LogP contribution in [-0.4, -0.2) is 12.6 Å². The fraction of sp³-hybridized carbons (Fsp3) is 0.533. The van der Waals surface area contributed by atoms with Crippen LogP contribution in [0.3, 0.4) is 0 Å². The minimum atomic E-state index is -0.314. The van der Waals surface area contributed by atoms with Crippen LogP contribution < -0.4 is 10.6 Å². The van der Waals surface area contributed by atoms with Crippen LogP contribution in [0.5, 0.6) is 0 Å². The Kier molecular flexibility index (Phi) is 5.80. The number of halogens is 1. The highest BCUT2D eigenvalue weighted by Crippen LogP contribution is 2.19. The first-order chi connectivity index (χ1) is 8.90. The van der Waals surface area contributed by atoms with Gasteiger partial charge in [0, 0.05) is 12.2 Å². The highest BCUT2D eigenvalue weighted by atomic mass is 19.1. The zero-order valence-electron chi connectivity index (χ0n) is 12.0. The molecule has 0 saturated heterocycles. The molecule has 19 heavy (non-hydrogen) atoms. The number of nitrogens with one attached hydrogen (secondary N) is 2. The van der Waals surface area contributed by atoms with Gasteiger partial charge in [-0.2, -0.15) is 0 Å². The molecule has 0 unspecified atom stereocenters. The van der Waals surface area contributed by atoms with Gasteiger partial charge in [-0.15, -0.1) is 0 Å². The lowest BCUT2D eigenvalue weighted by Crippen LogP contribution is -2.36. The molecule has 0 bridgehead atoms. The minimum Gasteiger partial charge on any atom is -0.338 e. The number of carbonyl (C=O) groups is 1. The standard InChI is InChI=1S/C15H23FN2O/c1-10(2)14(11(3)4)9-17-15(19)18-13-7-5-12(16)6-8-13/h5-8,10-11,14H,9H2,1-4H3,(H2,17,18,19). The zero-order chi connectivity index (χ0) is 14.4. The number of hydrogen-bond acceptors (Lipinski definition) is 1. The van der Waals surface area contributed by atoms with Gasteiger partial charge in [-0.3, -0.25) is 0 Å². The van der Waals surface area contributed by atoms with Gasteiger partial charge < -0.3 is 10.6 Å². The fourth-order valence-electron chi connectivity index (χ4n) is 2.16. The highest BCUT2D eigenvalue weighted by Gasteiger charge is 2.18. The summed E-state index contributed by atoms with van der Waals surface area (Å²) < 4.78 is 12.7. The number of hydrogen-bond donors (Lipinski definition) is 2. The molecule has 0 spiro atoms. The predicted molar refractivity (Wildman–Crippen MR) is 76.6 cm³/mol. The third-order valence-corrected chi connectivity index (χ3v) is 3.31. The van der Waals surface area contributed by atoms with E-state index in [1.54, 1.807) is 0 Å². The van der Waals surface area contributed by atoms with Crippen LogP contribution in [0.4, 0.5) is 14.9 Å². The lowest BCUT2D eigenvalue weighted by molar-refractivity contribution is 0.239. The molecular formula is C15H23FN2O. The van der Waals surface area contributed by atoms with E-state index in [4.69, 9.17) is 0 Å². The molecule has 0 radical (unpaired) electrons. The lowest BCUT2D eigenvalue weighted by Gasteiger charge is -2.25. The van der Waals surface area contributed by atoms with Crippen LogP contribution >= 0.6 is 0 Å². The third-order valence-electron chi connectivity index (χ3n) is 3.31. The Morgan fingerprint density at radius 3 is 2.11 bits per heavy atom. The Balaban J connectivity index is 2.45. The van der Waals surface area contributed by atoms with Crippen LogP contribution in [0, 0.1) is 23.6 Å². The van der Waals surface area contributed by atoms with Crippen molar-refractivity contribution in [2.45, 2.75) is 27.7 Å². The van der Waals surface area contributed by atoms with E-state index in [-0.39, 0.29) is 11.8 Å². The molecule has 0 aliphatic heterocycles. The molecule has 3 nitrogen and oxygen atoms in total. The SMILES string of the molecule is CC(C)C(CNC(=O)Nc1ccc(F)cc1)C(C)C. The molecule has 2 N–H and O–H groups in total. The van der Waals surface area contributed by atoms with E-state index >= 15 is 0 Å². The van der Waals surface area contributed by atoms with E-state index in [0.717, 1.165) is 0 Å². The molecule has 0 aromatic heterocycles. The van der Waals surface area contributed by atoms with Gasteiger partial charge >= 0.3 is 6.03 Å². The van der Waals surface area contributed by atoms with Crippen molar-refractivity contribution in [2.24, 2.45) is 17.8 Å². The molecule has 0 saturated carbocycles. The molecule has 1 aromatic rings. The quantitative estimate of drug-likeness (QED) is 0.834. The van der Waals surface area contributed by atoms with Crippen LogP contribution in [-0.2, 0) is 0 Å². The summed E-state index contributed by atoms with van der Waals surface area (Å²) >= 11 is 0. The average Bonchev–Trinajstić information content (AvgIpc) is 2.31. The monoisotopic (exact) mass is 266 g/mol. The van der Waals surface area contributed by atoms with Crippen molar-refractivity contribution in [1.29, 1.82) is 0 Å². The van der Waals surface area contributed by atoms with Crippen molar-refractivity contribution in [2.75, 3.05) is 11.9 Å². The molecule has 2 amide bonds. The number of anilines is 1. The van der Waals surface area contributed by atoms with Crippen LogP contribution in [0.2, 0.25) is 0 Å². The Morgan fingerprint density at radius 2 is 1.63 bits per heavy atom. The molecule has 0 aliphatic carbocycles. The highest BCUT2D eigenvalue weighted by molar-refractivity contribution is 5.89. The van der Waals surface area contributed by atoms with E-state index < -0.39 is 0 Å². The smallest absolute Gasteiger partial charge is 0.319 e. The van der Waals surface area contributed by atoms with Crippen molar-refractivity contribution in [1.82, 2.24) is 5.32 Å². The number of benzene rings is 1. The van der Waals surface area contributed by atoms with Crippen LogP contribution in [0.15, 0.2) is 24.3 Å². The molecular weight excluding hydrogens is 243 g/mol. The van der Waals surface area contributed by atoms with Gasteiger partial charge in [-0.1, -0.05) is 27.7 Å². The summed E-state index contributed by atoms with van der Waals surface area (Å²) in [7, 11) is 0. The normalized spacial score (nSPS) is 11.2. The number of rotatable bonds is 5. The van der Waals surface area contributed by atoms with Gasteiger partial charge in [-0.05, 0) is 42.0 Å². The first-order valence-electron chi connectivity index (χ1n) is 6.70.